The first-order chi connectivity index (χ1) is 13.1. The summed E-state index contributed by atoms with van der Waals surface area (Å²) in [6.45, 7) is 2.00. The molecule has 0 aliphatic carbocycles. The maximum absolute atomic E-state index is 12.1. The number of rotatable bonds is 7. The van der Waals surface area contributed by atoms with Gasteiger partial charge < -0.3 is 10.1 Å². The van der Waals surface area contributed by atoms with E-state index in [4.69, 9.17) is 4.74 Å². The Morgan fingerprint density at radius 2 is 1.89 bits per heavy atom. The van der Waals surface area contributed by atoms with Crippen molar-refractivity contribution in [2.45, 2.75) is 19.8 Å². The average molecular weight is 380 g/mol. The predicted molar refractivity (Wildman–Crippen MR) is 107 cm³/mol. The molecule has 138 valence electrons. The molecule has 27 heavy (non-hydrogen) atoms. The van der Waals surface area contributed by atoms with Crippen LogP contribution in [-0.2, 0) is 4.79 Å². The number of Topliss-reactive ketones (excluding diaryl/α,β-unsaturated/α-hetero) is 1. The number of aryl methyl sites for hydroxylation is 1. The topological polar surface area (TPSA) is 68.3 Å². The molecule has 5 nitrogen and oxygen atoms in total. The predicted octanol–water partition coefficient (Wildman–Crippen LogP) is 4.73. The Morgan fingerprint density at radius 3 is 2.63 bits per heavy atom. The molecule has 0 unspecified atom stereocenters. The fraction of sp³-hybridized carbons (Fsp3) is 0.190. The Kier molecular flexibility index (Phi) is 5.98. The number of benzene rings is 2. The van der Waals surface area contributed by atoms with Crippen LogP contribution in [0.4, 0.5) is 5.13 Å². The van der Waals surface area contributed by atoms with Gasteiger partial charge in [-0.05, 0) is 19.1 Å². The van der Waals surface area contributed by atoms with Gasteiger partial charge in [0.25, 0.3) is 0 Å². The summed E-state index contributed by atoms with van der Waals surface area (Å²) >= 11 is 1.34. The van der Waals surface area contributed by atoms with Crippen molar-refractivity contribution < 1.29 is 14.3 Å². The van der Waals surface area contributed by atoms with Gasteiger partial charge in [-0.2, -0.15) is 0 Å². The highest BCUT2D eigenvalue weighted by molar-refractivity contribution is 7.14. The normalized spacial score (nSPS) is 10.4. The van der Waals surface area contributed by atoms with Crippen LogP contribution in [0.3, 0.4) is 0 Å². The number of ketones is 1. The van der Waals surface area contributed by atoms with E-state index in [1.165, 1.54) is 11.3 Å². The largest absolute Gasteiger partial charge is 0.496 e. The Hall–Kier alpha value is -2.99. The fourth-order valence-corrected chi connectivity index (χ4v) is 3.38. The molecule has 0 saturated carbocycles. The van der Waals surface area contributed by atoms with Crippen LogP contribution in [0.1, 0.15) is 28.8 Å². The number of thiazole rings is 1. The first kappa shape index (κ1) is 18.8. The summed E-state index contributed by atoms with van der Waals surface area (Å²) in [7, 11) is 1.62. The molecule has 1 heterocycles. The van der Waals surface area contributed by atoms with Gasteiger partial charge in [0.05, 0.1) is 12.8 Å². The molecule has 0 atom stereocenters. The van der Waals surface area contributed by atoms with Crippen LogP contribution in [0.5, 0.6) is 5.75 Å². The van der Waals surface area contributed by atoms with Crippen LogP contribution < -0.4 is 10.1 Å². The third-order valence-corrected chi connectivity index (χ3v) is 4.81. The van der Waals surface area contributed by atoms with Crippen molar-refractivity contribution >= 4 is 28.2 Å². The molecule has 1 N–H and O–H groups in total. The number of nitrogens with one attached hydrogen (secondary N) is 1. The summed E-state index contributed by atoms with van der Waals surface area (Å²) < 4.78 is 5.39. The number of ether oxygens (including phenoxy) is 1. The Labute approximate surface area is 162 Å². The van der Waals surface area contributed by atoms with Gasteiger partial charge in [0.15, 0.2) is 10.9 Å². The molecule has 2 aromatic carbocycles. The van der Waals surface area contributed by atoms with E-state index in [0.29, 0.717) is 10.7 Å². The monoisotopic (exact) mass is 380 g/mol. The third-order valence-electron chi connectivity index (χ3n) is 4.06. The van der Waals surface area contributed by atoms with E-state index in [1.807, 2.05) is 48.7 Å². The number of aromatic nitrogens is 1. The average Bonchev–Trinajstić information content (AvgIpc) is 3.15. The van der Waals surface area contributed by atoms with Crippen LogP contribution in [0.15, 0.2) is 53.9 Å². The highest BCUT2D eigenvalue weighted by atomic mass is 32.1. The number of amides is 1. The number of nitrogens with zero attached hydrogens (tertiary/aromatic N) is 1. The van der Waals surface area contributed by atoms with E-state index >= 15 is 0 Å². The SMILES string of the molecule is COc1ccc(C)cc1-c1csc(NC(=O)CCC(=O)c2ccccc2)n1. The van der Waals surface area contributed by atoms with Crippen LogP contribution >= 0.6 is 11.3 Å². The fourth-order valence-electron chi connectivity index (χ4n) is 2.65. The van der Waals surface area contributed by atoms with Crippen molar-refractivity contribution in [1.82, 2.24) is 4.98 Å². The minimum atomic E-state index is -0.226. The van der Waals surface area contributed by atoms with Crippen molar-refractivity contribution in [3.05, 3.63) is 65.0 Å². The summed E-state index contributed by atoms with van der Waals surface area (Å²) in [5.41, 5.74) is 3.35. The van der Waals surface area contributed by atoms with Crippen LogP contribution in [0.2, 0.25) is 0 Å². The zero-order valence-electron chi connectivity index (χ0n) is 15.2. The maximum atomic E-state index is 12.1. The lowest BCUT2D eigenvalue weighted by Gasteiger charge is -2.07. The lowest BCUT2D eigenvalue weighted by Crippen LogP contribution is -2.13. The molecule has 0 bridgehead atoms. The van der Waals surface area contributed by atoms with E-state index < -0.39 is 0 Å². The zero-order valence-corrected chi connectivity index (χ0v) is 16.0. The molecular formula is C21H20N2O3S. The third kappa shape index (κ3) is 4.80. The highest BCUT2D eigenvalue weighted by Crippen LogP contribution is 2.33. The van der Waals surface area contributed by atoms with Gasteiger partial charge in [0.2, 0.25) is 5.91 Å². The van der Waals surface area contributed by atoms with Crippen molar-refractivity contribution in [2.24, 2.45) is 0 Å². The highest BCUT2D eigenvalue weighted by Gasteiger charge is 2.13. The van der Waals surface area contributed by atoms with Crippen molar-refractivity contribution in [3.63, 3.8) is 0 Å². The second kappa shape index (κ2) is 8.60. The van der Waals surface area contributed by atoms with Crippen molar-refractivity contribution in [3.8, 4) is 17.0 Å². The van der Waals surface area contributed by atoms with Crippen LogP contribution in [-0.4, -0.2) is 23.8 Å². The van der Waals surface area contributed by atoms with E-state index in [1.54, 1.807) is 19.2 Å². The van der Waals surface area contributed by atoms with Crippen LogP contribution in [0.25, 0.3) is 11.3 Å². The van der Waals surface area contributed by atoms with Crippen molar-refractivity contribution in [2.75, 3.05) is 12.4 Å². The minimum Gasteiger partial charge on any atom is -0.496 e. The lowest BCUT2D eigenvalue weighted by atomic mass is 10.1. The Bertz CT molecular complexity index is 951. The Morgan fingerprint density at radius 1 is 1.11 bits per heavy atom. The van der Waals surface area contributed by atoms with Crippen molar-refractivity contribution in [1.29, 1.82) is 0 Å². The molecule has 0 aliphatic rings. The molecule has 0 saturated heterocycles. The molecule has 1 aromatic heterocycles. The maximum Gasteiger partial charge on any atom is 0.226 e. The van der Waals surface area contributed by atoms with Gasteiger partial charge in [-0.25, -0.2) is 4.98 Å². The quantitative estimate of drug-likeness (QED) is 0.602. The summed E-state index contributed by atoms with van der Waals surface area (Å²) in [5.74, 6) is 0.462. The molecule has 0 radical (unpaired) electrons. The number of methoxy groups -OCH3 is 1. The molecule has 3 rings (SSSR count). The molecule has 1 amide bonds. The minimum absolute atomic E-state index is 0.0462. The summed E-state index contributed by atoms with van der Waals surface area (Å²) in [6, 6.07) is 14.8. The molecule has 6 heteroatoms. The molecule has 0 fully saturated rings. The molecule has 0 spiro atoms. The van der Waals surface area contributed by atoms with Gasteiger partial charge in [0.1, 0.15) is 5.75 Å². The van der Waals surface area contributed by atoms with Gasteiger partial charge in [-0.1, -0.05) is 42.0 Å². The number of hydrogen-bond acceptors (Lipinski definition) is 5. The number of anilines is 1. The first-order valence-electron chi connectivity index (χ1n) is 8.55. The number of hydrogen-bond donors (Lipinski definition) is 1. The zero-order chi connectivity index (χ0) is 19.2. The Balaban J connectivity index is 1.62. The van der Waals surface area contributed by atoms with Crippen LogP contribution in [0, 0.1) is 6.92 Å². The summed E-state index contributed by atoms with van der Waals surface area (Å²) in [6.07, 6.45) is 0.288. The number of carbonyl (C=O) groups excluding carboxylic acids is 2. The van der Waals surface area contributed by atoms with E-state index in [9.17, 15) is 9.59 Å². The summed E-state index contributed by atoms with van der Waals surface area (Å²) in [5, 5.41) is 5.15. The van der Waals surface area contributed by atoms with E-state index in [-0.39, 0.29) is 24.5 Å². The molecular weight excluding hydrogens is 360 g/mol. The van der Waals surface area contributed by atoms with E-state index in [2.05, 4.69) is 10.3 Å². The second-order valence-electron chi connectivity index (χ2n) is 6.08. The smallest absolute Gasteiger partial charge is 0.226 e. The standard InChI is InChI=1S/C21H20N2O3S/c1-14-8-10-19(26-2)16(12-14)17-13-27-21(22-17)23-20(25)11-9-18(24)15-6-4-3-5-7-15/h3-8,10,12-13H,9,11H2,1-2H3,(H,22,23,25). The second-order valence-corrected chi connectivity index (χ2v) is 6.94. The molecule has 3 aromatic rings. The van der Waals surface area contributed by atoms with Gasteiger partial charge in [0, 0.05) is 29.3 Å². The van der Waals surface area contributed by atoms with Gasteiger partial charge in [-0.3, -0.25) is 9.59 Å². The van der Waals surface area contributed by atoms with E-state index in [0.717, 1.165) is 22.6 Å². The molecule has 0 aliphatic heterocycles. The number of carbonyl (C=O) groups is 2. The summed E-state index contributed by atoms with van der Waals surface area (Å²) in [4.78, 5) is 28.7. The first-order valence-corrected chi connectivity index (χ1v) is 9.43. The van der Waals surface area contributed by atoms with Gasteiger partial charge in [-0.15, -0.1) is 11.3 Å². The lowest BCUT2D eigenvalue weighted by molar-refractivity contribution is -0.116. The van der Waals surface area contributed by atoms with Gasteiger partial charge >= 0.3 is 0 Å².